The van der Waals surface area contributed by atoms with Gasteiger partial charge < -0.3 is 4.90 Å². The summed E-state index contributed by atoms with van der Waals surface area (Å²) in [5.74, 6) is 0.271. The van der Waals surface area contributed by atoms with Crippen LogP contribution in [0.3, 0.4) is 0 Å². The van der Waals surface area contributed by atoms with Crippen LogP contribution < -0.4 is 0 Å². The summed E-state index contributed by atoms with van der Waals surface area (Å²) in [6, 6.07) is 4.14. The zero-order chi connectivity index (χ0) is 15.9. The van der Waals surface area contributed by atoms with E-state index in [0.29, 0.717) is 6.42 Å². The van der Waals surface area contributed by atoms with Gasteiger partial charge in [-0.3, -0.25) is 19.7 Å². The third-order valence-electron chi connectivity index (χ3n) is 4.26. The van der Waals surface area contributed by atoms with Crippen molar-refractivity contribution in [3.05, 3.63) is 46.7 Å². The molecule has 0 saturated carbocycles. The number of rotatable bonds is 6. The summed E-state index contributed by atoms with van der Waals surface area (Å²) < 4.78 is 0. The Bertz CT molecular complexity index is 594. The lowest BCUT2D eigenvalue weighted by Gasteiger charge is -2.34. The fourth-order valence-corrected chi connectivity index (χ4v) is 3.41. The van der Waals surface area contributed by atoms with Crippen LogP contribution in [-0.2, 0) is 17.6 Å². The number of nitrogens with zero attached hydrogens (tertiary/aromatic N) is 4. The molecule has 0 radical (unpaired) electrons. The number of amides is 1. The second-order valence-electron chi connectivity index (χ2n) is 5.80. The van der Waals surface area contributed by atoms with Crippen molar-refractivity contribution in [1.29, 1.82) is 0 Å². The molecule has 0 aliphatic carbocycles. The first-order valence-electron chi connectivity index (χ1n) is 8.07. The zero-order valence-electron chi connectivity index (χ0n) is 13.2. The van der Waals surface area contributed by atoms with Crippen molar-refractivity contribution >= 4 is 17.2 Å². The molecular weight excluding hydrogens is 308 g/mol. The standard InChI is InChI=1S/C17H22N4OS/c22-17(2-1-16-13-19-14-23-16)21-11-9-20(10-12-21)8-5-15-3-6-18-7-4-15/h3-4,6-7,13-14H,1-2,5,8-12H2. The van der Waals surface area contributed by atoms with Crippen molar-refractivity contribution < 1.29 is 4.79 Å². The van der Waals surface area contributed by atoms with E-state index in [9.17, 15) is 4.79 Å². The minimum atomic E-state index is 0.271. The lowest BCUT2D eigenvalue weighted by molar-refractivity contribution is -0.132. The number of pyridine rings is 1. The highest BCUT2D eigenvalue weighted by atomic mass is 32.1. The third-order valence-corrected chi connectivity index (χ3v) is 5.10. The number of carbonyl (C=O) groups is 1. The molecule has 5 nitrogen and oxygen atoms in total. The largest absolute Gasteiger partial charge is 0.340 e. The lowest BCUT2D eigenvalue weighted by atomic mass is 10.2. The number of piperazine rings is 1. The molecule has 0 bridgehead atoms. The number of aryl methyl sites for hydroxylation is 1. The molecule has 2 aromatic heterocycles. The maximum atomic E-state index is 12.3. The minimum Gasteiger partial charge on any atom is -0.340 e. The van der Waals surface area contributed by atoms with Gasteiger partial charge in [0, 0.05) is 62.6 Å². The molecule has 0 N–H and O–H groups in total. The van der Waals surface area contributed by atoms with Crippen LogP contribution >= 0.6 is 11.3 Å². The second-order valence-corrected chi connectivity index (χ2v) is 6.77. The van der Waals surface area contributed by atoms with Crippen molar-refractivity contribution in [2.75, 3.05) is 32.7 Å². The maximum Gasteiger partial charge on any atom is 0.223 e. The van der Waals surface area contributed by atoms with Crippen LogP contribution in [0.1, 0.15) is 16.9 Å². The molecule has 0 unspecified atom stereocenters. The highest BCUT2D eigenvalue weighted by Gasteiger charge is 2.20. The van der Waals surface area contributed by atoms with Crippen molar-refractivity contribution in [3.63, 3.8) is 0 Å². The van der Waals surface area contributed by atoms with Crippen LogP contribution in [0.5, 0.6) is 0 Å². The quantitative estimate of drug-likeness (QED) is 0.811. The summed E-state index contributed by atoms with van der Waals surface area (Å²) >= 11 is 1.62. The van der Waals surface area contributed by atoms with Gasteiger partial charge in [0.2, 0.25) is 5.91 Å². The molecule has 3 heterocycles. The van der Waals surface area contributed by atoms with Gasteiger partial charge in [-0.15, -0.1) is 11.3 Å². The summed E-state index contributed by atoms with van der Waals surface area (Å²) in [5.41, 5.74) is 3.14. The van der Waals surface area contributed by atoms with E-state index >= 15 is 0 Å². The Morgan fingerprint density at radius 2 is 1.87 bits per heavy atom. The molecule has 1 fully saturated rings. The maximum absolute atomic E-state index is 12.3. The van der Waals surface area contributed by atoms with Gasteiger partial charge in [0.05, 0.1) is 5.51 Å². The first-order chi connectivity index (χ1) is 11.3. The molecule has 1 amide bonds. The Morgan fingerprint density at radius 3 is 2.57 bits per heavy atom. The van der Waals surface area contributed by atoms with Crippen LogP contribution in [0.25, 0.3) is 0 Å². The smallest absolute Gasteiger partial charge is 0.223 e. The number of hydrogen-bond donors (Lipinski definition) is 0. The molecule has 1 aliphatic heterocycles. The molecule has 0 aromatic carbocycles. The summed E-state index contributed by atoms with van der Waals surface area (Å²) in [6.07, 6.45) is 7.99. The normalized spacial score (nSPS) is 15.7. The number of thiazole rings is 1. The molecule has 6 heteroatoms. The number of aromatic nitrogens is 2. The lowest BCUT2D eigenvalue weighted by Crippen LogP contribution is -2.49. The zero-order valence-corrected chi connectivity index (χ0v) is 14.0. The average molecular weight is 330 g/mol. The van der Waals surface area contributed by atoms with Gasteiger partial charge in [-0.05, 0) is 30.5 Å². The van der Waals surface area contributed by atoms with Gasteiger partial charge in [0.25, 0.3) is 0 Å². The Balaban J connectivity index is 1.37. The van der Waals surface area contributed by atoms with Crippen LogP contribution in [0.15, 0.2) is 36.2 Å². The predicted molar refractivity (Wildman–Crippen MR) is 91.4 cm³/mol. The van der Waals surface area contributed by atoms with E-state index < -0.39 is 0 Å². The Hall–Kier alpha value is -1.79. The summed E-state index contributed by atoms with van der Waals surface area (Å²) in [4.78, 5) is 26.0. The van der Waals surface area contributed by atoms with Crippen LogP contribution in [0.2, 0.25) is 0 Å². The predicted octanol–water partition coefficient (Wildman–Crippen LogP) is 1.86. The van der Waals surface area contributed by atoms with Crippen LogP contribution in [0.4, 0.5) is 0 Å². The first kappa shape index (κ1) is 16.1. The average Bonchev–Trinajstić information content (AvgIpc) is 3.13. The minimum absolute atomic E-state index is 0.271. The van der Waals surface area contributed by atoms with Crippen LogP contribution in [-0.4, -0.2) is 58.4 Å². The summed E-state index contributed by atoms with van der Waals surface area (Å²) in [5, 5.41) is 0. The fourth-order valence-electron chi connectivity index (χ4n) is 2.81. The molecule has 0 atom stereocenters. The van der Waals surface area contributed by atoms with Crippen molar-refractivity contribution in [3.8, 4) is 0 Å². The molecular formula is C17H22N4OS. The summed E-state index contributed by atoms with van der Waals surface area (Å²) in [6.45, 7) is 4.68. The highest BCUT2D eigenvalue weighted by molar-refractivity contribution is 7.09. The van der Waals surface area contributed by atoms with Crippen LogP contribution in [0, 0.1) is 0 Å². The Morgan fingerprint density at radius 1 is 1.09 bits per heavy atom. The molecule has 1 saturated heterocycles. The van der Waals surface area contributed by atoms with Gasteiger partial charge in [-0.1, -0.05) is 0 Å². The van der Waals surface area contributed by atoms with Gasteiger partial charge in [-0.25, -0.2) is 0 Å². The van der Waals surface area contributed by atoms with E-state index in [4.69, 9.17) is 0 Å². The van der Waals surface area contributed by atoms with Gasteiger partial charge >= 0.3 is 0 Å². The van der Waals surface area contributed by atoms with Crippen molar-refractivity contribution in [2.24, 2.45) is 0 Å². The monoisotopic (exact) mass is 330 g/mol. The molecule has 1 aliphatic rings. The van der Waals surface area contributed by atoms with E-state index in [-0.39, 0.29) is 5.91 Å². The fraction of sp³-hybridized carbons (Fsp3) is 0.471. The first-order valence-corrected chi connectivity index (χ1v) is 8.95. The number of hydrogen-bond acceptors (Lipinski definition) is 5. The van der Waals surface area contributed by atoms with E-state index in [1.165, 1.54) is 10.4 Å². The molecule has 0 spiro atoms. The van der Waals surface area contributed by atoms with Crippen molar-refractivity contribution in [2.45, 2.75) is 19.3 Å². The molecule has 3 rings (SSSR count). The number of carbonyl (C=O) groups excluding carboxylic acids is 1. The van der Waals surface area contributed by atoms with Gasteiger partial charge in [-0.2, -0.15) is 0 Å². The summed E-state index contributed by atoms with van der Waals surface area (Å²) in [7, 11) is 0. The van der Waals surface area contributed by atoms with Gasteiger partial charge in [0.1, 0.15) is 0 Å². The van der Waals surface area contributed by atoms with E-state index in [1.54, 1.807) is 11.3 Å². The highest BCUT2D eigenvalue weighted by Crippen LogP contribution is 2.11. The van der Waals surface area contributed by atoms with E-state index in [0.717, 1.165) is 45.6 Å². The molecule has 23 heavy (non-hydrogen) atoms. The molecule has 2 aromatic rings. The van der Waals surface area contributed by atoms with E-state index in [2.05, 4.69) is 27.0 Å². The van der Waals surface area contributed by atoms with Crippen molar-refractivity contribution in [1.82, 2.24) is 19.8 Å². The Kier molecular flexibility index (Phi) is 5.71. The third kappa shape index (κ3) is 4.84. The molecule has 122 valence electrons. The SMILES string of the molecule is O=C(CCc1cncs1)N1CCN(CCc2ccncc2)CC1. The van der Waals surface area contributed by atoms with E-state index in [1.807, 2.05) is 29.0 Å². The topological polar surface area (TPSA) is 49.3 Å². The van der Waals surface area contributed by atoms with Gasteiger partial charge in [0.15, 0.2) is 0 Å². The Labute approximate surface area is 141 Å². The second kappa shape index (κ2) is 8.17.